The highest BCUT2D eigenvalue weighted by Crippen LogP contribution is 2.45. The minimum Gasteiger partial charge on any atom is -0.444 e. The van der Waals surface area contributed by atoms with E-state index in [1.54, 1.807) is 0 Å². The second-order valence-electron chi connectivity index (χ2n) is 10.5. The van der Waals surface area contributed by atoms with Crippen LogP contribution in [0.15, 0.2) is 5.16 Å². The van der Waals surface area contributed by atoms with Gasteiger partial charge in [0.15, 0.2) is 16.1 Å². The average molecular weight is 508 g/mol. The molecule has 7 nitrogen and oxygen atoms in total. The Hall–Kier alpha value is -1.87. The van der Waals surface area contributed by atoms with Gasteiger partial charge < -0.3 is 9.64 Å². The average Bonchev–Trinajstić information content (AvgIpc) is 3.06. The van der Waals surface area contributed by atoms with E-state index in [0.717, 1.165) is 36.5 Å². The molecule has 2 fully saturated rings. The van der Waals surface area contributed by atoms with E-state index < -0.39 is 11.4 Å². The number of pyridine rings is 1. The van der Waals surface area contributed by atoms with Crippen molar-refractivity contribution in [2.75, 3.05) is 17.2 Å². The lowest BCUT2D eigenvalue weighted by Gasteiger charge is -2.50. The normalized spacial score (nSPS) is 26.3. The van der Waals surface area contributed by atoms with Gasteiger partial charge in [0.05, 0.1) is 29.2 Å². The lowest BCUT2D eigenvalue weighted by atomic mass is 9.85. The third-order valence-corrected chi connectivity index (χ3v) is 8.04. The number of thioether (sulfide) groups is 1. The zero-order valence-electron chi connectivity index (χ0n) is 20.3. The number of aryl methyl sites for hydroxylation is 1. The van der Waals surface area contributed by atoms with Crippen LogP contribution in [0.25, 0.3) is 10.9 Å². The molecule has 0 N–H and O–H groups in total. The predicted molar refractivity (Wildman–Crippen MR) is 132 cm³/mol. The van der Waals surface area contributed by atoms with Gasteiger partial charge in [-0.15, -0.1) is 0 Å². The van der Waals surface area contributed by atoms with E-state index in [1.165, 1.54) is 11.8 Å². The van der Waals surface area contributed by atoms with Crippen molar-refractivity contribution in [1.29, 1.82) is 0 Å². The molecule has 10 heteroatoms. The highest BCUT2D eigenvalue weighted by molar-refractivity contribution is 7.99. The summed E-state index contributed by atoms with van der Waals surface area (Å²) in [6.07, 6.45) is 3.08. The van der Waals surface area contributed by atoms with E-state index in [1.807, 2.05) is 32.6 Å². The van der Waals surface area contributed by atoms with Crippen LogP contribution in [-0.4, -0.2) is 62.0 Å². The molecule has 0 saturated carbocycles. The van der Waals surface area contributed by atoms with Crippen LogP contribution in [0, 0.1) is 11.7 Å². The number of halogens is 2. The molecule has 5 rings (SSSR count). The molecule has 0 aromatic carbocycles. The first kappa shape index (κ1) is 23.9. The summed E-state index contributed by atoms with van der Waals surface area (Å²) < 4.78 is 21.0. The molecule has 2 aromatic heterocycles. The number of anilines is 1. The number of rotatable bonds is 2. The molecule has 0 unspecified atom stereocenters. The van der Waals surface area contributed by atoms with Crippen LogP contribution in [-0.2, 0) is 11.2 Å². The molecule has 1 amide bonds. The summed E-state index contributed by atoms with van der Waals surface area (Å²) in [6.45, 7) is 10.6. The summed E-state index contributed by atoms with van der Waals surface area (Å²) in [5.41, 5.74) is 0.440. The molecule has 5 heterocycles. The van der Waals surface area contributed by atoms with Crippen LogP contribution in [0.2, 0.25) is 5.15 Å². The molecular weight excluding hydrogens is 477 g/mol. The summed E-state index contributed by atoms with van der Waals surface area (Å²) in [4.78, 5) is 31.3. The van der Waals surface area contributed by atoms with E-state index >= 15 is 4.39 Å². The Labute approximate surface area is 208 Å². The SMILES string of the molecule is CCSc1nc2c3c(nc(Cl)c(F)c3n1)CC[C@@H](C)[C@H]1[C@@H]3CC[C@H](CN21)N3C(=O)OC(C)(C)C. The smallest absolute Gasteiger partial charge is 0.410 e. The van der Waals surface area contributed by atoms with Gasteiger partial charge in [0.25, 0.3) is 0 Å². The van der Waals surface area contributed by atoms with E-state index in [2.05, 4.69) is 21.8 Å². The summed E-state index contributed by atoms with van der Waals surface area (Å²) in [6, 6.07) is 0.0851. The highest BCUT2D eigenvalue weighted by Gasteiger charge is 2.52. The molecule has 2 aromatic rings. The number of carbonyl (C=O) groups excluding carboxylic acids is 1. The fourth-order valence-corrected chi connectivity index (χ4v) is 6.55. The number of hydrogen-bond donors (Lipinski definition) is 0. The molecular formula is C24H31ClFN5O2S. The van der Waals surface area contributed by atoms with Crippen molar-refractivity contribution in [2.24, 2.45) is 5.92 Å². The standard InChI is InChI=1S/C24H31ClFN5O2S/c1-6-34-22-28-18-16-14(27-20(25)17(18)26)9-7-12(2)19-15-10-8-13(11-30(19)21(16)29-22)31(15)23(32)33-24(3,4)5/h12-13,15,19H,6-11H2,1-5H3/t12-,13-,15+,19+/m1/s1. The lowest BCUT2D eigenvalue weighted by Crippen LogP contribution is -2.64. The summed E-state index contributed by atoms with van der Waals surface area (Å²) in [5, 5.41) is 1.05. The maximum atomic E-state index is 15.2. The van der Waals surface area contributed by atoms with Gasteiger partial charge in [-0.2, -0.15) is 0 Å². The summed E-state index contributed by atoms with van der Waals surface area (Å²) in [7, 11) is 0. The largest absolute Gasteiger partial charge is 0.444 e. The first-order valence-electron chi connectivity index (χ1n) is 12.1. The number of piperazine rings is 1. The predicted octanol–water partition coefficient (Wildman–Crippen LogP) is 5.47. The molecule has 3 aliphatic heterocycles. The number of carbonyl (C=O) groups is 1. The van der Waals surface area contributed by atoms with Gasteiger partial charge >= 0.3 is 6.09 Å². The molecule has 0 aliphatic carbocycles. The second-order valence-corrected chi connectivity index (χ2v) is 12.1. The van der Waals surface area contributed by atoms with Crippen LogP contribution in [0.1, 0.15) is 59.6 Å². The van der Waals surface area contributed by atoms with E-state index in [0.29, 0.717) is 23.5 Å². The Morgan fingerprint density at radius 2 is 2.00 bits per heavy atom. The molecule has 34 heavy (non-hydrogen) atoms. The van der Waals surface area contributed by atoms with E-state index in [-0.39, 0.29) is 40.8 Å². The fraction of sp³-hybridized carbons (Fsp3) is 0.667. The number of fused-ring (bicyclic) bond motifs is 5. The molecule has 3 aliphatic rings. The Kier molecular flexibility index (Phi) is 6.07. The van der Waals surface area contributed by atoms with Gasteiger partial charge in [0.2, 0.25) is 0 Å². The van der Waals surface area contributed by atoms with Crippen LogP contribution in [0.4, 0.5) is 15.0 Å². The Bertz CT molecular complexity index is 1140. The Balaban J connectivity index is 1.65. The number of ether oxygens (including phenoxy) is 1. The Morgan fingerprint density at radius 1 is 1.24 bits per heavy atom. The molecule has 2 bridgehead atoms. The van der Waals surface area contributed by atoms with Crippen LogP contribution in [0.3, 0.4) is 0 Å². The lowest BCUT2D eigenvalue weighted by molar-refractivity contribution is 0.00452. The molecule has 4 atom stereocenters. The van der Waals surface area contributed by atoms with E-state index in [9.17, 15) is 4.79 Å². The van der Waals surface area contributed by atoms with Crippen LogP contribution >= 0.6 is 23.4 Å². The zero-order valence-corrected chi connectivity index (χ0v) is 21.8. The quantitative estimate of drug-likeness (QED) is 0.303. The number of aromatic nitrogens is 3. The zero-order chi connectivity index (χ0) is 24.4. The van der Waals surface area contributed by atoms with Gasteiger partial charge in [0.1, 0.15) is 16.9 Å². The van der Waals surface area contributed by atoms with Gasteiger partial charge in [-0.3, -0.25) is 4.90 Å². The van der Waals surface area contributed by atoms with Crippen molar-refractivity contribution in [2.45, 2.75) is 89.2 Å². The summed E-state index contributed by atoms with van der Waals surface area (Å²) in [5.74, 6) is 1.16. The molecule has 0 spiro atoms. The van der Waals surface area contributed by atoms with Gasteiger partial charge in [-0.05, 0) is 58.1 Å². The van der Waals surface area contributed by atoms with Crippen molar-refractivity contribution in [3.63, 3.8) is 0 Å². The van der Waals surface area contributed by atoms with E-state index in [4.69, 9.17) is 21.3 Å². The second kappa shape index (κ2) is 8.66. The first-order valence-corrected chi connectivity index (χ1v) is 13.4. The minimum absolute atomic E-state index is 0.0162. The molecule has 0 radical (unpaired) electrons. The summed E-state index contributed by atoms with van der Waals surface area (Å²) >= 11 is 7.67. The van der Waals surface area contributed by atoms with Crippen molar-refractivity contribution >= 4 is 46.2 Å². The number of nitrogens with zero attached hydrogens (tertiary/aromatic N) is 5. The van der Waals surface area contributed by atoms with Crippen LogP contribution in [0.5, 0.6) is 0 Å². The third-order valence-electron chi connectivity index (χ3n) is 7.06. The highest BCUT2D eigenvalue weighted by atomic mass is 35.5. The van der Waals surface area contributed by atoms with Gasteiger partial charge in [0, 0.05) is 6.54 Å². The van der Waals surface area contributed by atoms with Gasteiger partial charge in [-0.1, -0.05) is 37.2 Å². The maximum Gasteiger partial charge on any atom is 0.410 e. The monoisotopic (exact) mass is 507 g/mol. The first-order chi connectivity index (χ1) is 16.1. The third kappa shape index (κ3) is 3.98. The van der Waals surface area contributed by atoms with Crippen LogP contribution < -0.4 is 4.90 Å². The van der Waals surface area contributed by atoms with Gasteiger partial charge in [-0.25, -0.2) is 24.1 Å². The maximum absolute atomic E-state index is 15.2. The minimum atomic E-state index is -0.595. The molecule has 2 saturated heterocycles. The Morgan fingerprint density at radius 3 is 2.71 bits per heavy atom. The number of hydrogen-bond acceptors (Lipinski definition) is 7. The van der Waals surface area contributed by atoms with Crippen molar-refractivity contribution < 1.29 is 13.9 Å². The fourth-order valence-electron chi connectivity index (χ4n) is 5.79. The van der Waals surface area contributed by atoms with Crippen molar-refractivity contribution in [3.8, 4) is 0 Å². The molecule has 184 valence electrons. The van der Waals surface area contributed by atoms with Crippen molar-refractivity contribution in [1.82, 2.24) is 19.9 Å². The topological polar surface area (TPSA) is 71.5 Å². The van der Waals surface area contributed by atoms with Crippen molar-refractivity contribution in [3.05, 3.63) is 16.7 Å². The number of amides is 1.